The predicted molar refractivity (Wildman–Crippen MR) is 120 cm³/mol. The van der Waals surface area contributed by atoms with Crippen molar-refractivity contribution in [3.05, 3.63) is 71.4 Å². The van der Waals surface area contributed by atoms with Gasteiger partial charge >= 0.3 is 0 Å². The van der Waals surface area contributed by atoms with E-state index >= 15 is 0 Å². The number of fused-ring (bicyclic) bond motifs is 1. The molecule has 0 aliphatic carbocycles. The molecule has 0 bridgehead atoms. The molecule has 6 nitrogen and oxygen atoms in total. The van der Waals surface area contributed by atoms with Crippen molar-refractivity contribution in [2.45, 2.75) is 32.5 Å². The fraction of sp³-hybridized carbons (Fsp3) is 0.333. The number of aliphatic imine (C=N–C) groups is 1. The van der Waals surface area contributed by atoms with E-state index in [1.165, 1.54) is 5.56 Å². The molecule has 4 rings (SSSR count). The number of aryl methyl sites for hydroxylation is 1. The highest BCUT2D eigenvalue weighted by atomic mass is 16.5. The molecule has 2 N–H and O–H groups in total. The van der Waals surface area contributed by atoms with E-state index in [4.69, 9.17) is 9.47 Å². The minimum atomic E-state index is 0.127. The Labute approximate surface area is 177 Å². The number of nitrogens with zero attached hydrogens (tertiary/aromatic N) is 2. The lowest BCUT2D eigenvalue weighted by Crippen LogP contribution is -2.36. The summed E-state index contributed by atoms with van der Waals surface area (Å²) >= 11 is 0. The van der Waals surface area contributed by atoms with Crippen molar-refractivity contribution in [2.75, 3.05) is 20.3 Å². The quantitative estimate of drug-likeness (QED) is 0.486. The van der Waals surface area contributed by atoms with Crippen LogP contribution in [0, 0.1) is 6.92 Å². The number of para-hydroxylation sites is 1. The van der Waals surface area contributed by atoms with Gasteiger partial charge < -0.3 is 20.1 Å². The van der Waals surface area contributed by atoms with Crippen LogP contribution in [-0.2, 0) is 17.8 Å². The Morgan fingerprint density at radius 3 is 2.77 bits per heavy atom. The van der Waals surface area contributed by atoms with Crippen molar-refractivity contribution in [3.8, 4) is 5.75 Å². The first-order chi connectivity index (χ1) is 14.7. The van der Waals surface area contributed by atoms with Crippen LogP contribution in [0.3, 0.4) is 0 Å². The van der Waals surface area contributed by atoms with E-state index < -0.39 is 0 Å². The number of rotatable bonds is 6. The van der Waals surface area contributed by atoms with Gasteiger partial charge in [-0.1, -0.05) is 36.4 Å². The molecule has 1 aromatic heterocycles. The molecule has 1 unspecified atom stereocenters. The number of nitrogens with one attached hydrogen (secondary N) is 2. The van der Waals surface area contributed by atoms with E-state index in [1.807, 2.05) is 12.3 Å². The standard InChI is InChI=1S/C24H28N4O2/c1-17-8-9-19(22(13-17)30-21-10-12-29-16-21)14-27-24(25-2)28-15-20-6-3-5-18-7-4-11-26-23(18)20/h3-9,11,13,21H,10,12,14-16H2,1-2H3,(H2,25,27,28). The third kappa shape index (κ3) is 4.89. The van der Waals surface area contributed by atoms with Gasteiger partial charge in [0.1, 0.15) is 11.9 Å². The zero-order valence-electron chi connectivity index (χ0n) is 17.5. The summed E-state index contributed by atoms with van der Waals surface area (Å²) in [6, 6.07) is 16.6. The van der Waals surface area contributed by atoms with Gasteiger partial charge in [0.15, 0.2) is 5.96 Å². The minimum Gasteiger partial charge on any atom is -0.488 e. The SMILES string of the molecule is CN=C(NCc1ccc(C)cc1OC1CCOC1)NCc1cccc2cccnc12. The van der Waals surface area contributed by atoms with E-state index in [0.29, 0.717) is 19.7 Å². The number of hydrogen-bond donors (Lipinski definition) is 2. The molecule has 0 amide bonds. The lowest BCUT2D eigenvalue weighted by atomic mass is 10.1. The normalized spacial score (nSPS) is 16.6. The monoisotopic (exact) mass is 404 g/mol. The number of benzene rings is 2. The van der Waals surface area contributed by atoms with Crippen molar-refractivity contribution in [2.24, 2.45) is 4.99 Å². The fourth-order valence-corrected chi connectivity index (χ4v) is 3.59. The Morgan fingerprint density at radius 2 is 1.97 bits per heavy atom. The van der Waals surface area contributed by atoms with Crippen molar-refractivity contribution < 1.29 is 9.47 Å². The Bertz CT molecular complexity index is 1020. The van der Waals surface area contributed by atoms with Gasteiger partial charge in [0.2, 0.25) is 0 Å². The van der Waals surface area contributed by atoms with Crippen LogP contribution in [0.5, 0.6) is 5.75 Å². The van der Waals surface area contributed by atoms with Crippen LogP contribution in [0.1, 0.15) is 23.1 Å². The fourth-order valence-electron chi connectivity index (χ4n) is 3.59. The average Bonchev–Trinajstić information content (AvgIpc) is 3.28. The molecular formula is C24H28N4O2. The van der Waals surface area contributed by atoms with Crippen molar-refractivity contribution >= 4 is 16.9 Å². The lowest BCUT2D eigenvalue weighted by Gasteiger charge is -2.18. The van der Waals surface area contributed by atoms with Crippen molar-refractivity contribution in [1.82, 2.24) is 15.6 Å². The van der Waals surface area contributed by atoms with Crippen LogP contribution < -0.4 is 15.4 Å². The smallest absolute Gasteiger partial charge is 0.191 e. The number of hydrogen-bond acceptors (Lipinski definition) is 4. The summed E-state index contributed by atoms with van der Waals surface area (Å²) in [5.41, 5.74) is 4.42. The summed E-state index contributed by atoms with van der Waals surface area (Å²) in [6.07, 6.45) is 2.89. The average molecular weight is 405 g/mol. The summed E-state index contributed by atoms with van der Waals surface area (Å²) < 4.78 is 11.6. The Kier molecular flexibility index (Phi) is 6.44. The topological polar surface area (TPSA) is 67.8 Å². The summed E-state index contributed by atoms with van der Waals surface area (Å²) in [4.78, 5) is 8.88. The Hall–Kier alpha value is -3.12. The first-order valence-electron chi connectivity index (χ1n) is 10.3. The second-order valence-corrected chi connectivity index (χ2v) is 7.49. The molecule has 0 saturated carbocycles. The summed E-state index contributed by atoms with van der Waals surface area (Å²) in [5.74, 6) is 1.64. The molecule has 6 heteroatoms. The van der Waals surface area contributed by atoms with E-state index in [0.717, 1.165) is 46.8 Å². The highest BCUT2D eigenvalue weighted by Gasteiger charge is 2.18. The Morgan fingerprint density at radius 1 is 1.13 bits per heavy atom. The molecule has 2 heterocycles. The molecule has 1 fully saturated rings. The first kappa shape index (κ1) is 20.2. The maximum atomic E-state index is 6.20. The third-order valence-electron chi connectivity index (χ3n) is 5.24. The predicted octanol–water partition coefficient (Wildman–Crippen LogP) is 3.58. The van der Waals surface area contributed by atoms with Crippen LogP contribution in [0.4, 0.5) is 0 Å². The molecule has 1 aliphatic heterocycles. The van der Waals surface area contributed by atoms with Gasteiger partial charge in [-0.05, 0) is 30.2 Å². The molecule has 30 heavy (non-hydrogen) atoms. The molecule has 0 spiro atoms. The second-order valence-electron chi connectivity index (χ2n) is 7.49. The molecule has 1 aliphatic rings. The van der Waals surface area contributed by atoms with E-state index in [9.17, 15) is 0 Å². The molecule has 2 aromatic carbocycles. The van der Waals surface area contributed by atoms with E-state index in [1.54, 1.807) is 7.05 Å². The number of pyridine rings is 1. The van der Waals surface area contributed by atoms with Crippen LogP contribution in [0.25, 0.3) is 10.9 Å². The third-order valence-corrected chi connectivity index (χ3v) is 5.24. The number of guanidine groups is 1. The van der Waals surface area contributed by atoms with Gasteiger partial charge in [-0.15, -0.1) is 0 Å². The van der Waals surface area contributed by atoms with Gasteiger partial charge in [-0.25, -0.2) is 0 Å². The van der Waals surface area contributed by atoms with Gasteiger partial charge in [0.05, 0.1) is 18.7 Å². The summed E-state index contributed by atoms with van der Waals surface area (Å²) in [6.45, 7) is 4.77. The van der Waals surface area contributed by atoms with Crippen molar-refractivity contribution in [3.63, 3.8) is 0 Å². The highest BCUT2D eigenvalue weighted by Crippen LogP contribution is 2.24. The van der Waals surface area contributed by atoms with Gasteiger partial charge in [-0.2, -0.15) is 0 Å². The molecule has 1 saturated heterocycles. The van der Waals surface area contributed by atoms with Crippen LogP contribution in [-0.4, -0.2) is 37.3 Å². The van der Waals surface area contributed by atoms with Crippen LogP contribution >= 0.6 is 0 Å². The van der Waals surface area contributed by atoms with E-state index in [2.05, 4.69) is 70.0 Å². The minimum absolute atomic E-state index is 0.127. The number of ether oxygens (including phenoxy) is 2. The molecule has 156 valence electrons. The van der Waals surface area contributed by atoms with Gasteiger partial charge in [0.25, 0.3) is 0 Å². The zero-order valence-corrected chi connectivity index (χ0v) is 17.5. The summed E-state index contributed by atoms with van der Waals surface area (Å²) in [7, 11) is 1.78. The summed E-state index contributed by atoms with van der Waals surface area (Å²) in [5, 5.41) is 7.92. The number of aromatic nitrogens is 1. The van der Waals surface area contributed by atoms with Gasteiger partial charge in [-0.3, -0.25) is 9.98 Å². The highest BCUT2D eigenvalue weighted by molar-refractivity contribution is 5.83. The first-order valence-corrected chi connectivity index (χ1v) is 10.3. The largest absolute Gasteiger partial charge is 0.488 e. The Balaban J connectivity index is 1.40. The molecule has 1 atom stereocenters. The van der Waals surface area contributed by atoms with E-state index in [-0.39, 0.29) is 6.10 Å². The molecule has 0 radical (unpaired) electrons. The molecule has 3 aromatic rings. The maximum Gasteiger partial charge on any atom is 0.191 e. The van der Waals surface area contributed by atoms with Crippen LogP contribution in [0.15, 0.2) is 59.7 Å². The van der Waals surface area contributed by atoms with Crippen LogP contribution in [0.2, 0.25) is 0 Å². The van der Waals surface area contributed by atoms with Crippen molar-refractivity contribution in [1.29, 1.82) is 0 Å². The molecular weight excluding hydrogens is 376 g/mol. The second kappa shape index (κ2) is 9.59. The lowest BCUT2D eigenvalue weighted by molar-refractivity contribution is 0.140. The maximum absolute atomic E-state index is 6.20. The van der Waals surface area contributed by atoms with Gasteiger partial charge in [0, 0.05) is 43.7 Å². The zero-order chi connectivity index (χ0) is 20.8.